The molecule has 2 rings (SSSR count). The van der Waals surface area contributed by atoms with Crippen LogP contribution in [0.25, 0.3) is 0 Å². The third-order valence-electron chi connectivity index (χ3n) is 1.57. The van der Waals surface area contributed by atoms with Gasteiger partial charge in [-0.25, -0.2) is 20.0 Å². The summed E-state index contributed by atoms with van der Waals surface area (Å²) in [5, 5.41) is 9.70. The highest BCUT2D eigenvalue weighted by Crippen LogP contribution is 2.33. The standard InChI is InChI=1S/C6H4FN3O3/c7-4-2-1-3-5-6(4)9(10(11)12)13-8-5/h1-3,8H. The summed E-state index contributed by atoms with van der Waals surface area (Å²) >= 11 is 0. The normalized spacial score (nSPS) is 13.8. The second-order valence-corrected chi connectivity index (χ2v) is 2.34. The summed E-state index contributed by atoms with van der Waals surface area (Å²) in [4.78, 5) is 14.7. The second-order valence-electron chi connectivity index (χ2n) is 2.34. The maximum atomic E-state index is 13.0. The smallest absolute Gasteiger partial charge is 0.201 e. The molecule has 1 aliphatic rings. The topological polar surface area (TPSA) is 67.6 Å². The summed E-state index contributed by atoms with van der Waals surface area (Å²) in [6.07, 6.45) is 0. The van der Waals surface area contributed by atoms with E-state index in [1.165, 1.54) is 12.1 Å². The number of para-hydroxylation sites is 1. The van der Waals surface area contributed by atoms with Gasteiger partial charge in [0.05, 0.1) is 10.9 Å². The van der Waals surface area contributed by atoms with Gasteiger partial charge in [-0.3, -0.25) is 0 Å². The van der Waals surface area contributed by atoms with Crippen LogP contribution < -0.4 is 10.7 Å². The van der Waals surface area contributed by atoms with Crippen molar-refractivity contribution in [2.24, 2.45) is 0 Å². The van der Waals surface area contributed by atoms with E-state index in [2.05, 4.69) is 10.4 Å². The molecule has 0 radical (unpaired) electrons. The number of fused-ring (bicyclic) bond motifs is 1. The molecule has 68 valence electrons. The molecular formula is C6H4FN3O3. The van der Waals surface area contributed by atoms with Crippen LogP contribution in [0.15, 0.2) is 18.2 Å². The third-order valence-corrected chi connectivity index (χ3v) is 1.57. The first kappa shape index (κ1) is 7.74. The molecule has 0 aliphatic carbocycles. The maximum absolute atomic E-state index is 13.0. The van der Waals surface area contributed by atoms with Gasteiger partial charge in [0.25, 0.3) is 0 Å². The Balaban J connectivity index is 2.52. The number of benzene rings is 1. The number of hydrazine groups is 1. The van der Waals surface area contributed by atoms with Crippen LogP contribution in [0.3, 0.4) is 0 Å². The molecule has 0 atom stereocenters. The highest BCUT2D eigenvalue weighted by molar-refractivity contribution is 5.70. The van der Waals surface area contributed by atoms with Gasteiger partial charge < -0.3 is 0 Å². The van der Waals surface area contributed by atoms with Crippen LogP contribution >= 0.6 is 0 Å². The monoisotopic (exact) mass is 185 g/mol. The van der Waals surface area contributed by atoms with Gasteiger partial charge in [0, 0.05) is 0 Å². The van der Waals surface area contributed by atoms with Crippen LogP contribution in [0.5, 0.6) is 0 Å². The number of hydrogen-bond donors (Lipinski definition) is 1. The largest absolute Gasteiger partial charge is 0.234 e. The predicted molar refractivity (Wildman–Crippen MR) is 40.6 cm³/mol. The SMILES string of the molecule is O=[N+]([O-])N1ONc2cccc(F)c21. The zero-order chi connectivity index (χ0) is 9.42. The molecule has 13 heavy (non-hydrogen) atoms. The van der Waals surface area contributed by atoms with Gasteiger partial charge in [-0.2, -0.15) is 0 Å². The molecule has 0 saturated carbocycles. The number of nitrogens with zero attached hydrogens (tertiary/aromatic N) is 2. The molecule has 0 spiro atoms. The lowest BCUT2D eigenvalue weighted by Crippen LogP contribution is -2.27. The average molecular weight is 185 g/mol. The lowest BCUT2D eigenvalue weighted by atomic mass is 10.2. The third kappa shape index (κ3) is 1.05. The van der Waals surface area contributed by atoms with Crippen molar-refractivity contribution < 1.29 is 14.4 Å². The first-order valence-corrected chi connectivity index (χ1v) is 3.36. The fraction of sp³-hybridized carbons (Fsp3) is 0. The van der Waals surface area contributed by atoms with Gasteiger partial charge >= 0.3 is 0 Å². The number of rotatable bonds is 1. The van der Waals surface area contributed by atoms with Crippen molar-refractivity contribution in [2.75, 3.05) is 10.7 Å². The van der Waals surface area contributed by atoms with Crippen molar-refractivity contribution >= 4 is 11.4 Å². The highest BCUT2D eigenvalue weighted by Gasteiger charge is 2.33. The van der Waals surface area contributed by atoms with Crippen LogP contribution in [0, 0.1) is 15.9 Å². The van der Waals surface area contributed by atoms with E-state index < -0.39 is 10.8 Å². The first-order chi connectivity index (χ1) is 6.20. The minimum atomic E-state index is -0.859. The predicted octanol–water partition coefficient (Wildman–Crippen LogP) is 1.10. The Bertz CT molecular complexity index is 370. The number of anilines is 2. The number of nitro groups is 1. The van der Waals surface area contributed by atoms with Gasteiger partial charge in [0.2, 0.25) is 5.69 Å². The Hall–Kier alpha value is -1.89. The summed E-state index contributed by atoms with van der Waals surface area (Å²) in [5.74, 6) is -0.709. The maximum Gasteiger partial charge on any atom is 0.201 e. The zero-order valence-corrected chi connectivity index (χ0v) is 6.23. The Labute approximate surface area is 71.5 Å². The Morgan fingerprint density at radius 2 is 2.38 bits per heavy atom. The quantitative estimate of drug-likeness (QED) is 0.524. The van der Waals surface area contributed by atoms with Crippen molar-refractivity contribution in [3.05, 3.63) is 34.1 Å². The lowest BCUT2D eigenvalue weighted by Gasteiger charge is -2.02. The summed E-state index contributed by atoms with van der Waals surface area (Å²) < 4.78 is 13.0. The molecule has 0 amide bonds. The number of halogens is 1. The molecular weight excluding hydrogens is 181 g/mol. The Morgan fingerprint density at radius 3 is 3.08 bits per heavy atom. The summed E-state index contributed by atoms with van der Waals surface area (Å²) in [7, 11) is 0. The van der Waals surface area contributed by atoms with Crippen molar-refractivity contribution in [1.29, 1.82) is 0 Å². The van der Waals surface area contributed by atoms with Crippen molar-refractivity contribution in [3.8, 4) is 0 Å². The molecule has 1 N–H and O–H groups in total. The summed E-state index contributed by atoms with van der Waals surface area (Å²) in [6.45, 7) is 0. The summed E-state index contributed by atoms with van der Waals surface area (Å²) in [6, 6.07) is 4.02. The molecule has 1 aromatic rings. The molecule has 0 unspecified atom stereocenters. The van der Waals surface area contributed by atoms with E-state index in [0.717, 1.165) is 6.07 Å². The molecule has 0 saturated heterocycles. The second kappa shape index (κ2) is 2.56. The van der Waals surface area contributed by atoms with Gasteiger partial charge in [0.15, 0.2) is 10.8 Å². The Kier molecular flexibility index (Phi) is 1.52. The van der Waals surface area contributed by atoms with E-state index >= 15 is 0 Å². The van der Waals surface area contributed by atoms with E-state index in [1.54, 1.807) is 0 Å². The molecule has 6 nitrogen and oxygen atoms in total. The fourth-order valence-corrected chi connectivity index (χ4v) is 1.05. The van der Waals surface area contributed by atoms with E-state index in [0.29, 0.717) is 0 Å². The van der Waals surface area contributed by atoms with Gasteiger partial charge in [-0.1, -0.05) is 11.0 Å². The van der Waals surface area contributed by atoms with Gasteiger partial charge in [-0.15, -0.1) is 0 Å². The van der Waals surface area contributed by atoms with E-state index in [1.807, 2.05) is 0 Å². The molecule has 1 heterocycles. The minimum absolute atomic E-state index is 0.215. The molecule has 1 aromatic carbocycles. The van der Waals surface area contributed by atoms with Gasteiger partial charge in [-0.05, 0) is 12.1 Å². The first-order valence-electron chi connectivity index (χ1n) is 3.36. The van der Waals surface area contributed by atoms with E-state index in [9.17, 15) is 14.5 Å². The van der Waals surface area contributed by atoms with Gasteiger partial charge in [0.1, 0.15) is 0 Å². The van der Waals surface area contributed by atoms with Crippen LogP contribution in [0.2, 0.25) is 0 Å². The lowest BCUT2D eigenvalue weighted by molar-refractivity contribution is -0.541. The van der Waals surface area contributed by atoms with Crippen LogP contribution in [-0.4, -0.2) is 5.03 Å². The fourth-order valence-electron chi connectivity index (χ4n) is 1.05. The molecule has 0 fully saturated rings. The minimum Gasteiger partial charge on any atom is -0.234 e. The molecule has 0 bridgehead atoms. The van der Waals surface area contributed by atoms with E-state index in [4.69, 9.17) is 0 Å². The van der Waals surface area contributed by atoms with Crippen molar-refractivity contribution in [3.63, 3.8) is 0 Å². The highest BCUT2D eigenvalue weighted by atomic mass is 19.1. The zero-order valence-electron chi connectivity index (χ0n) is 6.23. The van der Waals surface area contributed by atoms with E-state index in [-0.39, 0.29) is 16.5 Å². The van der Waals surface area contributed by atoms with Crippen molar-refractivity contribution in [1.82, 2.24) is 0 Å². The van der Waals surface area contributed by atoms with Crippen LogP contribution in [0.4, 0.5) is 15.8 Å². The molecule has 7 heteroatoms. The molecule has 1 aliphatic heterocycles. The summed E-state index contributed by atoms with van der Waals surface area (Å²) in [5.41, 5.74) is 2.23. The van der Waals surface area contributed by atoms with Crippen LogP contribution in [-0.2, 0) is 4.94 Å². The number of nitrogens with one attached hydrogen (secondary N) is 1. The van der Waals surface area contributed by atoms with Crippen molar-refractivity contribution in [2.45, 2.75) is 0 Å². The molecule has 0 aromatic heterocycles. The average Bonchev–Trinajstić information content (AvgIpc) is 2.49. The number of hydrogen-bond acceptors (Lipinski definition) is 4. The Morgan fingerprint density at radius 1 is 1.62 bits per heavy atom. The van der Waals surface area contributed by atoms with Crippen LogP contribution in [0.1, 0.15) is 0 Å².